The van der Waals surface area contributed by atoms with E-state index in [4.69, 9.17) is 5.84 Å². The van der Waals surface area contributed by atoms with Crippen molar-refractivity contribution in [3.8, 4) is 0 Å². The van der Waals surface area contributed by atoms with Crippen molar-refractivity contribution in [2.45, 2.75) is 50.6 Å². The predicted molar refractivity (Wildman–Crippen MR) is 76.2 cm³/mol. The molecule has 0 aromatic rings. The maximum absolute atomic E-state index is 5.90. The Morgan fingerprint density at radius 3 is 2.33 bits per heavy atom. The average molecular weight is 254 g/mol. The fraction of sp³-hybridized carbons (Fsp3) is 1.00. The molecular weight excluding hydrogens is 224 g/mol. The third-order valence-electron chi connectivity index (χ3n) is 4.91. The molecule has 1 aliphatic heterocycles. The molecule has 0 spiro atoms. The monoisotopic (exact) mass is 254 g/mol. The van der Waals surface area contributed by atoms with Gasteiger partial charge in [-0.1, -0.05) is 25.7 Å². The normalized spacial score (nSPS) is 31.2. The van der Waals surface area contributed by atoms with E-state index in [-0.39, 0.29) is 0 Å². The highest BCUT2D eigenvalue weighted by Crippen LogP contribution is 2.28. The minimum Gasteiger partial charge on any atom is -0.303 e. The van der Waals surface area contributed by atoms with E-state index in [0.717, 1.165) is 19.0 Å². The van der Waals surface area contributed by atoms with Crippen LogP contribution in [0.25, 0.3) is 0 Å². The first-order valence-electron chi connectivity index (χ1n) is 7.57. The fourth-order valence-electron chi connectivity index (χ4n) is 3.66. The quantitative estimate of drug-likeness (QED) is 0.449. The van der Waals surface area contributed by atoms with E-state index in [1.807, 2.05) is 0 Å². The Kier molecular flexibility index (Phi) is 5.42. The van der Waals surface area contributed by atoms with Crippen LogP contribution >= 0.6 is 0 Å². The van der Waals surface area contributed by atoms with Gasteiger partial charge in [0.05, 0.1) is 0 Å². The fourth-order valence-corrected chi connectivity index (χ4v) is 3.66. The zero-order chi connectivity index (χ0) is 13.0. The Morgan fingerprint density at radius 2 is 1.72 bits per heavy atom. The lowest BCUT2D eigenvalue weighted by molar-refractivity contribution is 0.0665. The Balaban J connectivity index is 2.00. The molecule has 2 unspecified atom stereocenters. The maximum atomic E-state index is 5.90. The van der Waals surface area contributed by atoms with Crippen LogP contribution in [0.2, 0.25) is 0 Å². The van der Waals surface area contributed by atoms with E-state index >= 15 is 0 Å². The molecule has 1 aliphatic carbocycles. The lowest BCUT2D eigenvalue weighted by Crippen LogP contribution is -2.62. The number of nitrogens with one attached hydrogen (secondary N) is 1. The molecule has 1 saturated heterocycles. The standard InChI is InChI=1S/C14H30N4/c1-17-9-10-18(2)13(11-17)14(16-15)12-7-5-3-4-6-8-12/h12-14,16H,3-11,15H2,1-2H3. The Labute approximate surface area is 112 Å². The van der Waals surface area contributed by atoms with Crippen LogP contribution in [0.5, 0.6) is 0 Å². The first-order chi connectivity index (χ1) is 8.72. The van der Waals surface area contributed by atoms with Crippen LogP contribution in [-0.4, -0.2) is 55.6 Å². The number of hydrogen-bond acceptors (Lipinski definition) is 4. The highest BCUT2D eigenvalue weighted by molar-refractivity contribution is 4.92. The van der Waals surface area contributed by atoms with Gasteiger partial charge < -0.3 is 4.90 Å². The molecule has 0 amide bonds. The van der Waals surface area contributed by atoms with E-state index in [2.05, 4.69) is 29.3 Å². The summed E-state index contributed by atoms with van der Waals surface area (Å²) in [5, 5.41) is 0. The van der Waals surface area contributed by atoms with Gasteiger partial charge in [-0.2, -0.15) is 0 Å². The number of nitrogens with two attached hydrogens (primary N) is 1. The van der Waals surface area contributed by atoms with Gasteiger partial charge >= 0.3 is 0 Å². The van der Waals surface area contributed by atoms with Gasteiger partial charge in [-0.15, -0.1) is 0 Å². The van der Waals surface area contributed by atoms with Gasteiger partial charge in [-0.3, -0.25) is 16.2 Å². The molecule has 4 nitrogen and oxygen atoms in total. The summed E-state index contributed by atoms with van der Waals surface area (Å²) in [5.41, 5.74) is 3.15. The van der Waals surface area contributed by atoms with Crippen molar-refractivity contribution >= 4 is 0 Å². The van der Waals surface area contributed by atoms with E-state index in [0.29, 0.717) is 12.1 Å². The van der Waals surface area contributed by atoms with Crippen LogP contribution in [0.3, 0.4) is 0 Å². The predicted octanol–water partition coefficient (Wildman–Crippen LogP) is 1.03. The third kappa shape index (κ3) is 3.44. The van der Waals surface area contributed by atoms with Crippen molar-refractivity contribution in [2.75, 3.05) is 33.7 Å². The smallest absolute Gasteiger partial charge is 0.0406 e. The first-order valence-corrected chi connectivity index (χ1v) is 7.57. The summed E-state index contributed by atoms with van der Waals surface area (Å²) in [5.74, 6) is 6.66. The zero-order valence-corrected chi connectivity index (χ0v) is 12.1. The molecule has 3 N–H and O–H groups in total. The van der Waals surface area contributed by atoms with Crippen LogP contribution in [0, 0.1) is 5.92 Å². The number of likely N-dealkylation sites (N-methyl/N-ethyl adjacent to an activating group) is 2. The second kappa shape index (κ2) is 6.85. The topological polar surface area (TPSA) is 44.5 Å². The SMILES string of the molecule is CN1CCN(C)C(C(NN)C2CCCCCC2)C1. The van der Waals surface area contributed by atoms with Crippen molar-refractivity contribution in [3.63, 3.8) is 0 Å². The van der Waals surface area contributed by atoms with Gasteiger partial charge in [0.25, 0.3) is 0 Å². The van der Waals surface area contributed by atoms with Gasteiger partial charge in [-0.25, -0.2) is 0 Å². The van der Waals surface area contributed by atoms with Crippen LogP contribution in [0.15, 0.2) is 0 Å². The summed E-state index contributed by atoms with van der Waals surface area (Å²) in [4.78, 5) is 4.93. The Bertz CT molecular complexity index is 238. The van der Waals surface area contributed by atoms with E-state index < -0.39 is 0 Å². The highest BCUT2D eigenvalue weighted by atomic mass is 15.3. The average Bonchev–Trinajstić information content (AvgIpc) is 2.64. The molecule has 0 radical (unpaired) electrons. The third-order valence-corrected chi connectivity index (χ3v) is 4.91. The molecule has 2 fully saturated rings. The van der Waals surface area contributed by atoms with Crippen LogP contribution < -0.4 is 11.3 Å². The number of rotatable bonds is 3. The van der Waals surface area contributed by atoms with E-state index in [1.54, 1.807) is 0 Å². The van der Waals surface area contributed by atoms with Crippen LogP contribution in [0.1, 0.15) is 38.5 Å². The van der Waals surface area contributed by atoms with E-state index in [1.165, 1.54) is 45.1 Å². The van der Waals surface area contributed by atoms with Crippen molar-refractivity contribution in [2.24, 2.45) is 11.8 Å². The number of piperazine rings is 1. The van der Waals surface area contributed by atoms with Crippen LogP contribution in [0.4, 0.5) is 0 Å². The molecule has 2 atom stereocenters. The lowest BCUT2D eigenvalue weighted by Gasteiger charge is -2.44. The molecule has 106 valence electrons. The summed E-state index contributed by atoms with van der Waals surface area (Å²) in [6.45, 7) is 3.48. The molecular formula is C14H30N4. The maximum Gasteiger partial charge on any atom is 0.0406 e. The summed E-state index contributed by atoms with van der Waals surface area (Å²) < 4.78 is 0. The molecule has 1 heterocycles. The minimum atomic E-state index is 0.454. The van der Waals surface area contributed by atoms with Gasteiger partial charge in [0.1, 0.15) is 0 Å². The van der Waals surface area contributed by atoms with E-state index in [9.17, 15) is 0 Å². The van der Waals surface area contributed by atoms with Gasteiger partial charge in [0, 0.05) is 31.7 Å². The zero-order valence-electron chi connectivity index (χ0n) is 12.1. The van der Waals surface area contributed by atoms with Crippen molar-refractivity contribution < 1.29 is 0 Å². The molecule has 0 aromatic heterocycles. The van der Waals surface area contributed by atoms with Crippen LogP contribution in [-0.2, 0) is 0 Å². The summed E-state index contributed by atoms with van der Waals surface area (Å²) in [6.07, 6.45) is 8.29. The molecule has 0 aromatic carbocycles. The van der Waals surface area contributed by atoms with Gasteiger partial charge in [0.15, 0.2) is 0 Å². The Morgan fingerprint density at radius 1 is 1.06 bits per heavy atom. The molecule has 2 aliphatic rings. The second-order valence-electron chi connectivity index (χ2n) is 6.25. The molecule has 1 saturated carbocycles. The molecule has 0 bridgehead atoms. The van der Waals surface area contributed by atoms with Gasteiger partial charge in [-0.05, 0) is 32.9 Å². The number of hydrogen-bond donors (Lipinski definition) is 2. The van der Waals surface area contributed by atoms with Gasteiger partial charge in [0.2, 0.25) is 0 Å². The highest BCUT2D eigenvalue weighted by Gasteiger charge is 2.34. The minimum absolute atomic E-state index is 0.454. The number of nitrogens with zero attached hydrogens (tertiary/aromatic N) is 2. The Hall–Kier alpha value is -0.160. The lowest BCUT2D eigenvalue weighted by atomic mass is 9.86. The van der Waals surface area contributed by atoms with Crippen molar-refractivity contribution in [1.82, 2.24) is 15.2 Å². The number of hydrazine groups is 1. The molecule has 2 rings (SSSR count). The molecule has 4 heteroatoms. The summed E-state index contributed by atoms with van der Waals surface area (Å²) in [7, 11) is 4.47. The second-order valence-corrected chi connectivity index (χ2v) is 6.25. The summed E-state index contributed by atoms with van der Waals surface area (Å²) in [6, 6.07) is 1.02. The van der Waals surface area contributed by atoms with Crippen molar-refractivity contribution in [1.29, 1.82) is 0 Å². The largest absolute Gasteiger partial charge is 0.303 e. The summed E-state index contributed by atoms with van der Waals surface area (Å²) >= 11 is 0. The first kappa shape index (κ1) is 14.3. The molecule has 18 heavy (non-hydrogen) atoms. The van der Waals surface area contributed by atoms with Crippen molar-refractivity contribution in [3.05, 3.63) is 0 Å².